The minimum Gasteiger partial charge on any atom is -0.497 e. The van der Waals surface area contributed by atoms with Gasteiger partial charge in [0.05, 0.1) is 7.11 Å². The van der Waals surface area contributed by atoms with Crippen LogP contribution in [0.5, 0.6) is 5.75 Å². The van der Waals surface area contributed by atoms with Crippen LogP contribution in [-0.4, -0.2) is 17.1 Å². The van der Waals surface area contributed by atoms with Crippen molar-refractivity contribution in [1.82, 2.24) is 9.97 Å². The molecule has 21 heavy (non-hydrogen) atoms. The Kier molecular flexibility index (Phi) is 5.34. The van der Waals surface area contributed by atoms with E-state index in [1.807, 2.05) is 24.3 Å². The van der Waals surface area contributed by atoms with Gasteiger partial charge in [0, 0.05) is 12.1 Å². The van der Waals surface area contributed by atoms with E-state index in [-0.39, 0.29) is 0 Å². The fourth-order valence-corrected chi connectivity index (χ4v) is 2.11. The fourth-order valence-electron chi connectivity index (χ4n) is 2.11. The summed E-state index contributed by atoms with van der Waals surface area (Å²) in [5.41, 5.74) is 4.79. The van der Waals surface area contributed by atoms with Gasteiger partial charge in [0.15, 0.2) is 0 Å². The number of anilines is 2. The fraction of sp³-hybridized carbons (Fsp3) is 0.333. The smallest absolute Gasteiger partial charge is 0.148 e. The quantitative estimate of drug-likeness (QED) is 0.535. The standard InChI is InChI=1S/C15H21N5O/c1-3-4-13-14(18-10-19-15(13)20-16)17-9-11-5-7-12(21-2)8-6-11/h5-8,10H,3-4,9,16H2,1-2H3,(H2,17,18,19,20). The van der Waals surface area contributed by atoms with Crippen LogP contribution >= 0.6 is 0 Å². The summed E-state index contributed by atoms with van der Waals surface area (Å²) >= 11 is 0. The molecule has 6 nitrogen and oxygen atoms in total. The van der Waals surface area contributed by atoms with Gasteiger partial charge in [-0.15, -0.1) is 0 Å². The van der Waals surface area contributed by atoms with E-state index in [0.29, 0.717) is 12.4 Å². The van der Waals surface area contributed by atoms with E-state index in [0.717, 1.165) is 35.5 Å². The summed E-state index contributed by atoms with van der Waals surface area (Å²) in [6, 6.07) is 7.93. The summed E-state index contributed by atoms with van der Waals surface area (Å²) in [5, 5.41) is 3.34. The molecule has 1 aromatic carbocycles. The van der Waals surface area contributed by atoms with Crippen molar-refractivity contribution in [3.05, 3.63) is 41.7 Å². The maximum atomic E-state index is 5.51. The van der Waals surface area contributed by atoms with Gasteiger partial charge in [0.25, 0.3) is 0 Å². The highest BCUT2D eigenvalue weighted by Crippen LogP contribution is 2.21. The number of nitrogens with two attached hydrogens (primary N) is 1. The lowest BCUT2D eigenvalue weighted by Crippen LogP contribution is -2.14. The number of methoxy groups -OCH3 is 1. The van der Waals surface area contributed by atoms with Crippen molar-refractivity contribution in [2.75, 3.05) is 17.9 Å². The molecule has 2 aromatic rings. The number of hydrazine groups is 1. The van der Waals surface area contributed by atoms with Crippen molar-refractivity contribution >= 4 is 11.6 Å². The average molecular weight is 287 g/mol. The monoisotopic (exact) mass is 287 g/mol. The Labute approximate surface area is 124 Å². The highest BCUT2D eigenvalue weighted by atomic mass is 16.5. The van der Waals surface area contributed by atoms with Crippen LogP contribution in [0.15, 0.2) is 30.6 Å². The van der Waals surface area contributed by atoms with E-state index in [9.17, 15) is 0 Å². The van der Waals surface area contributed by atoms with Crippen LogP contribution in [0.25, 0.3) is 0 Å². The second-order valence-corrected chi connectivity index (χ2v) is 4.65. The number of hydrogen-bond acceptors (Lipinski definition) is 6. The molecule has 2 rings (SSSR count). The number of hydrogen-bond donors (Lipinski definition) is 3. The number of nitrogen functional groups attached to an aromatic ring is 1. The van der Waals surface area contributed by atoms with Gasteiger partial charge in [-0.05, 0) is 24.1 Å². The van der Waals surface area contributed by atoms with E-state index in [2.05, 4.69) is 27.6 Å². The summed E-state index contributed by atoms with van der Waals surface area (Å²) in [7, 11) is 1.66. The van der Waals surface area contributed by atoms with Crippen molar-refractivity contribution in [3.8, 4) is 5.75 Å². The van der Waals surface area contributed by atoms with Crippen molar-refractivity contribution in [2.24, 2.45) is 5.84 Å². The van der Waals surface area contributed by atoms with Gasteiger partial charge in [-0.1, -0.05) is 25.5 Å². The topological polar surface area (TPSA) is 85.1 Å². The van der Waals surface area contributed by atoms with Crippen molar-refractivity contribution in [2.45, 2.75) is 26.3 Å². The zero-order valence-corrected chi connectivity index (χ0v) is 12.4. The van der Waals surface area contributed by atoms with Crippen LogP contribution in [-0.2, 0) is 13.0 Å². The molecular formula is C15H21N5O. The first-order valence-electron chi connectivity index (χ1n) is 6.95. The van der Waals surface area contributed by atoms with Crippen LogP contribution in [0.3, 0.4) is 0 Å². The Balaban J connectivity index is 2.11. The van der Waals surface area contributed by atoms with E-state index < -0.39 is 0 Å². The number of benzene rings is 1. The van der Waals surface area contributed by atoms with Gasteiger partial charge in [-0.2, -0.15) is 0 Å². The van der Waals surface area contributed by atoms with Gasteiger partial charge >= 0.3 is 0 Å². The first-order chi connectivity index (χ1) is 10.3. The third-order valence-electron chi connectivity index (χ3n) is 3.20. The molecule has 1 aromatic heterocycles. The third kappa shape index (κ3) is 3.82. The lowest BCUT2D eigenvalue weighted by Gasteiger charge is -2.13. The molecule has 6 heteroatoms. The molecule has 0 aliphatic heterocycles. The highest BCUT2D eigenvalue weighted by Gasteiger charge is 2.09. The maximum absolute atomic E-state index is 5.51. The van der Waals surface area contributed by atoms with E-state index in [4.69, 9.17) is 10.6 Å². The summed E-state index contributed by atoms with van der Waals surface area (Å²) in [6.45, 7) is 2.79. The molecule has 4 N–H and O–H groups in total. The van der Waals surface area contributed by atoms with Gasteiger partial charge in [-0.3, -0.25) is 0 Å². The van der Waals surface area contributed by atoms with Gasteiger partial charge in [-0.25, -0.2) is 15.8 Å². The Morgan fingerprint density at radius 2 is 1.86 bits per heavy atom. The molecule has 0 bridgehead atoms. The minimum absolute atomic E-state index is 0.670. The largest absolute Gasteiger partial charge is 0.497 e. The normalized spacial score (nSPS) is 10.2. The number of aromatic nitrogens is 2. The SMILES string of the molecule is CCCc1c(NN)ncnc1NCc1ccc(OC)cc1. The molecule has 0 atom stereocenters. The minimum atomic E-state index is 0.670. The summed E-state index contributed by atoms with van der Waals surface area (Å²) in [4.78, 5) is 8.46. The Bertz CT molecular complexity index is 571. The molecule has 0 aliphatic carbocycles. The van der Waals surface area contributed by atoms with E-state index in [1.54, 1.807) is 7.11 Å². The molecule has 1 heterocycles. The molecule has 0 amide bonds. The number of ether oxygens (including phenoxy) is 1. The molecule has 0 aliphatic rings. The molecule has 0 unspecified atom stereocenters. The first-order valence-corrected chi connectivity index (χ1v) is 6.95. The molecule has 0 spiro atoms. The predicted octanol–water partition coefficient (Wildman–Crippen LogP) is 2.34. The third-order valence-corrected chi connectivity index (χ3v) is 3.20. The molecule has 0 radical (unpaired) electrons. The lowest BCUT2D eigenvalue weighted by atomic mass is 10.1. The average Bonchev–Trinajstić information content (AvgIpc) is 2.54. The molecule has 0 saturated carbocycles. The van der Waals surface area contributed by atoms with Gasteiger partial charge < -0.3 is 15.5 Å². The molecular weight excluding hydrogens is 266 g/mol. The lowest BCUT2D eigenvalue weighted by molar-refractivity contribution is 0.414. The Hall–Kier alpha value is -2.34. The van der Waals surface area contributed by atoms with Crippen LogP contribution in [0.2, 0.25) is 0 Å². The summed E-state index contributed by atoms with van der Waals surface area (Å²) in [5.74, 6) is 7.84. The second kappa shape index (κ2) is 7.44. The van der Waals surface area contributed by atoms with Gasteiger partial charge in [0.1, 0.15) is 23.7 Å². The number of nitrogens with zero attached hydrogens (tertiary/aromatic N) is 2. The van der Waals surface area contributed by atoms with Crippen LogP contribution < -0.4 is 21.3 Å². The number of rotatable bonds is 7. The Morgan fingerprint density at radius 1 is 1.14 bits per heavy atom. The first kappa shape index (κ1) is 15.1. The zero-order valence-electron chi connectivity index (χ0n) is 12.4. The summed E-state index contributed by atoms with van der Waals surface area (Å²) in [6.07, 6.45) is 3.37. The summed E-state index contributed by atoms with van der Waals surface area (Å²) < 4.78 is 5.15. The van der Waals surface area contributed by atoms with Gasteiger partial charge in [0.2, 0.25) is 0 Å². The maximum Gasteiger partial charge on any atom is 0.148 e. The highest BCUT2D eigenvalue weighted by molar-refractivity contribution is 5.57. The Morgan fingerprint density at radius 3 is 2.48 bits per heavy atom. The number of nitrogens with one attached hydrogen (secondary N) is 2. The van der Waals surface area contributed by atoms with Crippen LogP contribution in [0, 0.1) is 0 Å². The zero-order chi connectivity index (χ0) is 15.1. The van der Waals surface area contributed by atoms with Crippen molar-refractivity contribution in [3.63, 3.8) is 0 Å². The van der Waals surface area contributed by atoms with E-state index in [1.165, 1.54) is 6.33 Å². The second-order valence-electron chi connectivity index (χ2n) is 4.65. The van der Waals surface area contributed by atoms with E-state index >= 15 is 0 Å². The molecule has 0 fully saturated rings. The van der Waals surface area contributed by atoms with Crippen LogP contribution in [0.4, 0.5) is 11.6 Å². The van der Waals surface area contributed by atoms with Crippen molar-refractivity contribution in [1.29, 1.82) is 0 Å². The van der Waals surface area contributed by atoms with Crippen molar-refractivity contribution < 1.29 is 4.74 Å². The molecule has 112 valence electrons. The van der Waals surface area contributed by atoms with Crippen LogP contribution in [0.1, 0.15) is 24.5 Å². The predicted molar refractivity (Wildman–Crippen MR) is 84.2 cm³/mol. The molecule has 0 saturated heterocycles.